The van der Waals surface area contributed by atoms with Crippen molar-refractivity contribution in [1.29, 1.82) is 0 Å². The lowest BCUT2D eigenvalue weighted by atomic mass is 9.96. The Morgan fingerprint density at radius 2 is 1.73 bits per heavy atom. The van der Waals surface area contributed by atoms with E-state index in [0.717, 1.165) is 22.4 Å². The number of halogens is 2. The van der Waals surface area contributed by atoms with Crippen molar-refractivity contribution in [3.8, 4) is 5.75 Å². The van der Waals surface area contributed by atoms with Crippen LogP contribution in [0.5, 0.6) is 5.75 Å². The van der Waals surface area contributed by atoms with E-state index in [1.54, 1.807) is 63.3 Å². The third-order valence-corrected chi connectivity index (χ3v) is 8.83. The van der Waals surface area contributed by atoms with E-state index in [9.17, 15) is 19.5 Å². The molecule has 0 aliphatic carbocycles. The highest BCUT2D eigenvalue weighted by Crippen LogP contribution is 2.35. The standard InChI is InChI=1S/C33H37Cl2N5O4/c1-21(23-8-6-5-7-9-23)14-30(42)40-29-19-38(18-24-16-25(34)17-27(35)32(24)36(2)3)33(44)28(39(29)31(43)20-37(40)4)15-22-10-12-26(41)13-11-22/h5-13,16-17,21,28-29,41H,14-15,18-20H2,1-4H3/t21-,28-,29?/m0/s1. The quantitative estimate of drug-likeness (QED) is 0.383. The molecule has 0 bridgehead atoms. The van der Waals surface area contributed by atoms with E-state index in [-0.39, 0.29) is 61.9 Å². The number of hydrogen-bond donors (Lipinski definition) is 1. The summed E-state index contributed by atoms with van der Waals surface area (Å²) < 4.78 is 0. The molecule has 11 heteroatoms. The number of carbonyl (C=O) groups is 3. The Morgan fingerprint density at radius 1 is 1.05 bits per heavy atom. The molecular weight excluding hydrogens is 601 g/mol. The average Bonchev–Trinajstić information content (AvgIpc) is 2.96. The number of aromatic hydroxyl groups is 1. The highest BCUT2D eigenvalue weighted by Gasteiger charge is 2.50. The van der Waals surface area contributed by atoms with E-state index in [4.69, 9.17) is 23.2 Å². The second-order valence-electron chi connectivity index (χ2n) is 11.7. The number of phenolic OH excluding ortho intramolecular Hbond substituents is 1. The minimum atomic E-state index is -0.862. The highest BCUT2D eigenvalue weighted by molar-refractivity contribution is 6.36. The molecule has 3 atom stereocenters. The first-order chi connectivity index (χ1) is 20.9. The minimum absolute atomic E-state index is 0.0318. The number of rotatable bonds is 8. The molecule has 2 fully saturated rings. The molecule has 9 nitrogen and oxygen atoms in total. The molecular formula is C33H37Cl2N5O4. The predicted octanol–water partition coefficient (Wildman–Crippen LogP) is 4.76. The van der Waals surface area contributed by atoms with Crippen molar-refractivity contribution in [3.63, 3.8) is 0 Å². The number of benzene rings is 3. The van der Waals surface area contributed by atoms with Crippen molar-refractivity contribution in [2.24, 2.45) is 0 Å². The fourth-order valence-corrected chi connectivity index (χ4v) is 6.97. The van der Waals surface area contributed by atoms with Crippen LogP contribution in [0.2, 0.25) is 10.0 Å². The number of amides is 3. The van der Waals surface area contributed by atoms with E-state index in [0.29, 0.717) is 10.0 Å². The van der Waals surface area contributed by atoms with Gasteiger partial charge in [-0.1, -0.05) is 72.6 Å². The van der Waals surface area contributed by atoms with Gasteiger partial charge >= 0.3 is 0 Å². The van der Waals surface area contributed by atoms with Gasteiger partial charge in [0.2, 0.25) is 17.7 Å². The van der Waals surface area contributed by atoms with Crippen LogP contribution in [0.3, 0.4) is 0 Å². The first-order valence-corrected chi connectivity index (χ1v) is 15.3. The van der Waals surface area contributed by atoms with Gasteiger partial charge in [-0.2, -0.15) is 0 Å². The van der Waals surface area contributed by atoms with Gasteiger partial charge in [0, 0.05) is 45.6 Å². The normalized spacial score (nSPS) is 19.6. The van der Waals surface area contributed by atoms with Gasteiger partial charge in [0.1, 0.15) is 18.0 Å². The smallest absolute Gasteiger partial charge is 0.246 e. The van der Waals surface area contributed by atoms with Crippen LogP contribution < -0.4 is 4.90 Å². The van der Waals surface area contributed by atoms with Crippen LogP contribution in [-0.2, 0) is 27.3 Å². The lowest BCUT2D eigenvalue weighted by Gasteiger charge is -2.55. The number of hydrazine groups is 1. The van der Waals surface area contributed by atoms with Gasteiger partial charge in [-0.05, 0) is 46.9 Å². The Kier molecular flexibility index (Phi) is 9.39. The number of likely N-dealkylation sites (N-methyl/N-ethyl adjacent to an activating group) is 1. The van der Waals surface area contributed by atoms with E-state index in [2.05, 4.69) is 0 Å². The Morgan fingerprint density at radius 3 is 2.39 bits per heavy atom. The topological polar surface area (TPSA) is 87.6 Å². The summed E-state index contributed by atoms with van der Waals surface area (Å²) in [6.45, 7) is 2.28. The van der Waals surface area contributed by atoms with Gasteiger partial charge in [0.05, 0.1) is 23.8 Å². The SMILES string of the molecule is C[C@@H](CC(=O)N1C2CN(Cc3cc(Cl)cc(Cl)c3N(C)C)C(=O)[C@H](Cc3ccc(O)cc3)N2C(=O)CN1C)c1ccccc1. The Bertz CT molecular complexity index is 1540. The van der Waals surface area contributed by atoms with Crippen LogP contribution in [0.1, 0.15) is 36.0 Å². The fraction of sp³-hybridized carbons (Fsp3) is 0.364. The summed E-state index contributed by atoms with van der Waals surface area (Å²) in [6, 6.07) is 19.0. The third kappa shape index (κ3) is 6.50. The van der Waals surface area contributed by atoms with E-state index in [1.165, 1.54) is 0 Å². The molecule has 3 aromatic rings. The van der Waals surface area contributed by atoms with Crippen LogP contribution in [0, 0.1) is 0 Å². The summed E-state index contributed by atoms with van der Waals surface area (Å²) in [6.07, 6.45) is -0.257. The van der Waals surface area contributed by atoms with Crippen molar-refractivity contribution in [1.82, 2.24) is 19.8 Å². The van der Waals surface area contributed by atoms with Crippen LogP contribution in [0.25, 0.3) is 0 Å². The summed E-state index contributed by atoms with van der Waals surface area (Å²) in [7, 11) is 5.47. The molecule has 5 rings (SSSR count). The monoisotopic (exact) mass is 637 g/mol. The molecule has 3 amide bonds. The zero-order chi connectivity index (χ0) is 31.7. The number of hydrogen-bond acceptors (Lipinski definition) is 6. The van der Waals surface area contributed by atoms with Gasteiger partial charge in [-0.3, -0.25) is 19.4 Å². The van der Waals surface area contributed by atoms with Crippen molar-refractivity contribution >= 4 is 46.6 Å². The first kappa shape index (κ1) is 31.6. The molecule has 232 valence electrons. The number of carbonyl (C=O) groups excluding carboxylic acids is 3. The van der Waals surface area contributed by atoms with Gasteiger partial charge in [-0.25, -0.2) is 5.01 Å². The summed E-state index contributed by atoms with van der Waals surface area (Å²) >= 11 is 13.0. The number of phenols is 1. The molecule has 2 aliphatic rings. The number of nitrogens with zero attached hydrogens (tertiary/aromatic N) is 5. The molecule has 1 N–H and O–H groups in total. The number of piperazine rings is 1. The molecule has 2 heterocycles. The van der Waals surface area contributed by atoms with Crippen molar-refractivity contribution in [2.45, 2.75) is 44.4 Å². The fourth-order valence-electron chi connectivity index (χ4n) is 6.27. The number of anilines is 1. The van der Waals surface area contributed by atoms with Gasteiger partial charge in [-0.15, -0.1) is 0 Å². The molecule has 0 radical (unpaired) electrons. The van der Waals surface area contributed by atoms with Crippen LogP contribution in [0.4, 0.5) is 5.69 Å². The van der Waals surface area contributed by atoms with Crippen LogP contribution >= 0.6 is 23.2 Å². The molecule has 44 heavy (non-hydrogen) atoms. The first-order valence-electron chi connectivity index (χ1n) is 14.6. The summed E-state index contributed by atoms with van der Waals surface area (Å²) in [5, 5.41) is 14.0. The van der Waals surface area contributed by atoms with Crippen molar-refractivity contribution in [3.05, 3.63) is 93.5 Å². The van der Waals surface area contributed by atoms with Crippen LogP contribution in [-0.4, -0.2) is 89.1 Å². The summed E-state index contributed by atoms with van der Waals surface area (Å²) in [5.41, 5.74) is 3.32. The Labute approximate surface area is 268 Å². The number of fused-ring (bicyclic) bond motifs is 1. The molecule has 0 spiro atoms. The van der Waals surface area contributed by atoms with E-state index < -0.39 is 12.2 Å². The molecule has 0 saturated carbocycles. The predicted molar refractivity (Wildman–Crippen MR) is 171 cm³/mol. The second kappa shape index (κ2) is 13.1. The maximum Gasteiger partial charge on any atom is 0.246 e. The highest BCUT2D eigenvalue weighted by atomic mass is 35.5. The Balaban J connectivity index is 1.52. The second-order valence-corrected chi connectivity index (χ2v) is 12.6. The molecule has 3 aromatic carbocycles. The Hall–Kier alpha value is -3.79. The summed E-state index contributed by atoms with van der Waals surface area (Å²) in [4.78, 5) is 47.1. The van der Waals surface area contributed by atoms with E-state index in [1.807, 2.05) is 56.3 Å². The zero-order valence-electron chi connectivity index (χ0n) is 25.3. The molecule has 2 aliphatic heterocycles. The van der Waals surface area contributed by atoms with Gasteiger partial charge in [0.25, 0.3) is 0 Å². The lowest BCUT2D eigenvalue weighted by Crippen LogP contribution is -2.75. The third-order valence-electron chi connectivity index (χ3n) is 8.33. The zero-order valence-corrected chi connectivity index (χ0v) is 26.8. The maximum atomic E-state index is 14.3. The van der Waals surface area contributed by atoms with Gasteiger partial charge < -0.3 is 19.8 Å². The molecule has 1 unspecified atom stereocenters. The van der Waals surface area contributed by atoms with Gasteiger partial charge in [0.15, 0.2) is 0 Å². The lowest BCUT2D eigenvalue weighted by molar-refractivity contribution is -0.203. The van der Waals surface area contributed by atoms with E-state index >= 15 is 0 Å². The average molecular weight is 639 g/mol. The van der Waals surface area contributed by atoms with Crippen molar-refractivity contribution < 1.29 is 19.5 Å². The maximum absolute atomic E-state index is 14.3. The largest absolute Gasteiger partial charge is 0.508 e. The minimum Gasteiger partial charge on any atom is -0.508 e. The van der Waals surface area contributed by atoms with Crippen LogP contribution in [0.15, 0.2) is 66.7 Å². The van der Waals surface area contributed by atoms with Crippen molar-refractivity contribution in [2.75, 3.05) is 39.1 Å². The molecule has 2 saturated heterocycles. The summed E-state index contributed by atoms with van der Waals surface area (Å²) in [5.74, 6) is -0.540. The molecule has 0 aromatic heterocycles.